The van der Waals surface area contributed by atoms with Gasteiger partial charge in [-0.1, -0.05) is 12.1 Å². The standard InChI is InChI=1S/C26H28N4O9/c31-9-10-36-11-12-37-24-14-17(20-16-38-21-4-2-1-3-19(21)25(20)32)13-22(39-24)26(33)28-8-7-27-23-6-5-18(15-29-23)30(34)35/h1-6,13,15-17,24,31H,7-12,14H2,(H,27,29)(H,28,33)/t17-,24+/m1/s1. The van der Waals surface area contributed by atoms with Crippen LogP contribution in [0.5, 0.6) is 0 Å². The van der Waals surface area contributed by atoms with E-state index in [-0.39, 0.29) is 56.3 Å². The molecular formula is C26H28N4O9. The summed E-state index contributed by atoms with van der Waals surface area (Å²) >= 11 is 0. The smallest absolute Gasteiger partial charge is 0.287 e. The number of nitro groups is 1. The number of nitrogens with one attached hydrogen (secondary N) is 2. The van der Waals surface area contributed by atoms with E-state index in [1.165, 1.54) is 18.4 Å². The van der Waals surface area contributed by atoms with Gasteiger partial charge in [0.1, 0.15) is 17.6 Å². The predicted octanol–water partition coefficient (Wildman–Crippen LogP) is 2.06. The Bertz CT molecular complexity index is 1370. The van der Waals surface area contributed by atoms with Crippen molar-refractivity contribution in [3.05, 3.63) is 86.6 Å². The summed E-state index contributed by atoms with van der Waals surface area (Å²) in [5.41, 5.74) is 0.508. The van der Waals surface area contributed by atoms with Gasteiger partial charge in [0.05, 0.1) is 43.0 Å². The second kappa shape index (κ2) is 13.5. The van der Waals surface area contributed by atoms with E-state index in [0.29, 0.717) is 28.9 Å². The van der Waals surface area contributed by atoms with E-state index in [1.54, 1.807) is 30.3 Å². The molecule has 0 fully saturated rings. The molecule has 0 radical (unpaired) electrons. The van der Waals surface area contributed by atoms with Gasteiger partial charge < -0.3 is 34.4 Å². The molecule has 3 N–H and O–H groups in total. The number of nitrogens with zero attached hydrogens (tertiary/aromatic N) is 2. The number of para-hydroxylation sites is 1. The van der Waals surface area contributed by atoms with E-state index in [2.05, 4.69) is 15.6 Å². The zero-order valence-corrected chi connectivity index (χ0v) is 20.9. The molecule has 0 unspecified atom stereocenters. The molecule has 0 saturated heterocycles. The van der Waals surface area contributed by atoms with Crippen LogP contribution in [0.2, 0.25) is 0 Å². The van der Waals surface area contributed by atoms with E-state index in [1.807, 2.05) is 0 Å². The molecule has 1 aliphatic rings. The van der Waals surface area contributed by atoms with Crippen molar-refractivity contribution in [2.24, 2.45) is 0 Å². The van der Waals surface area contributed by atoms with Gasteiger partial charge in [-0.2, -0.15) is 0 Å². The van der Waals surface area contributed by atoms with Gasteiger partial charge in [-0.25, -0.2) is 4.98 Å². The van der Waals surface area contributed by atoms with Gasteiger partial charge in [-0.15, -0.1) is 0 Å². The van der Waals surface area contributed by atoms with Crippen molar-refractivity contribution in [2.75, 3.05) is 44.8 Å². The number of amides is 1. The molecule has 13 nitrogen and oxygen atoms in total. The van der Waals surface area contributed by atoms with Gasteiger partial charge in [0, 0.05) is 37.1 Å². The summed E-state index contributed by atoms with van der Waals surface area (Å²) in [7, 11) is 0. The summed E-state index contributed by atoms with van der Waals surface area (Å²) < 4.78 is 22.4. The van der Waals surface area contributed by atoms with Crippen molar-refractivity contribution in [2.45, 2.75) is 18.6 Å². The molecule has 39 heavy (non-hydrogen) atoms. The molecule has 2 aromatic heterocycles. The highest BCUT2D eigenvalue weighted by Gasteiger charge is 2.30. The maximum atomic E-state index is 13.2. The Kier molecular flexibility index (Phi) is 9.56. The summed E-state index contributed by atoms with van der Waals surface area (Å²) in [4.78, 5) is 40.3. The molecule has 3 aromatic rings. The lowest BCUT2D eigenvalue weighted by atomic mass is 9.93. The lowest BCUT2D eigenvalue weighted by Gasteiger charge is -2.29. The molecule has 206 valence electrons. The number of hydrogen-bond acceptors (Lipinski definition) is 11. The van der Waals surface area contributed by atoms with Gasteiger partial charge >= 0.3 is 0 Å². The van der Waals surface area contributed by atoms with Gasteiger partial charge in [0.2, 0.25) is 6.29 Å². The largest absolute Gasteiger partial charge is 0.464 e. The highest BCUT2D eigenvalue weighted by atomic mass is 16.7. The van der Waals surface area contributed by atoms with Crippen LogP contribution in [0.4, 0.5) is 11.5 Å². The summed E-state index contributed by atoms with van der Waals surface area (Å²) in [6, 6.07) is 9.71. The SMILES string of the molecule is O=C(NCCNc1ccc([N+](=O)[O-])cn1)C1=C[C@@H](c2coc3ccccc3c2=O)C[C@@H](OCCOCCO)O1. The fourth-order valence-corrected chi connectivity index (χ4v) is 3.94. The van der Waals surface area contributed by atoms with Crippen LogP contribution in [0.1, 0.15) is 17.9 Å². The predicted molar refractivity (Wildman–Crippen MR) is 139 cm³/mol. The number of anilines is 1. The lowest BCUT2D eigenvalue weighted by Crippen LogP contribution is -2.36. The van der Waals surface area contributed by atoms with Crippen molar-refractivity contribution < 1.29 is 33.5 Å². The Morgan fingerprint density at radius 2 is 2.03 bits per heavy atom. The number of hydrogen-bond donors (Lipinski definition) is 3. The Morgan fingerprint density at radius 3 is 2.79 bits per heavy atom. The van der Waals surface area contributed by atoms with Gasteiger partial charge in [-0.3, -0.25) is 19.7 Å². The Labute approximate surface area is 222 Å². The summed E-state index contributed by atoms with van der Waals surface area (Å²) in [6.07, 6.45) is 3.55. The average Bonchev–Trinajstić information content (AvgIpc) is 2.95. The van der Waals surface area contributed by atoms with Crippen LogP contribution in [0, 0.1) is 10.1 Å². The Balaban J connectivity index is 1.42. The number of carbonyl (C=O) groups excluding carboxylic acids is 1. The van der Waals surface area contributed by atoms with Gasteiger partial charge in [0.15, 0.2) is 11.2 Å². The van der Waals surface area contributed by atoms with Crippen LogP contribution in [-0.2, 0) is 19.0 Å². The third-order valence-electron chi connectivity index (χ3n) is 5.83. The van der Waals surface area contributed by atoms with Crippen molar-refractivity contribution in [1.29, 1.82) is 0 Å². The third kappa shape index (κ3) is 7.37. The number of fused-ring (bicyclic) bond motifs is 1. The first-order valence-corrected chi connectivity index (χ1v) is 12.3. The number of benzene rings is 1. The number of aliphatic hydroxyl groups is 1. The van der Waals surface area contributed by atoms with Crippen molar-refractivity contribution in [3.63, 3.8) is 0 Å². The monoisotopic (exact) mass is 540 g/mol. The molecule has 4 rings (SSSR count). The van der Waals surface area contributed by atoms with Crippen molar-refractivity contribution in [3.8, 4) is 0 Å². The number of aliphatic hydroxyl groups excluding tert-OH is 1. The summed E-state index contributed by atoms with van der Waals surface area (Å²) in [5.74, 6) is -0.601. The third-order valence-corrected chi connectivity index (χ3v) is 5.83. The molecule has 1 amide bonds. The summed E-state index contributed by atoms with van der Waals surface area (Å²) in [6.45, 7) is 0.932. The number of pyridine rings is 1. The minimum Gasteiger partial charge on any atom is -0.464 e. The molecule has 0 saturated carbocycles. The number of carbonyl (C=O) groups is 1. The topological polar surface area (TPSA) is 175 Å². The average molecular weight is 541 g/mol. The lowest BCUT2D eigenvalue weighted by molar-refractivity contribution is -0.385. The molecule has 0 spiro atoms. The zero-order chi connectivity index (χ0) is 27.6. The molecule has 0 aliphatic carbocycles. The number of ether oxygens (including phenoxy) is 3. The van der Waals surface area contributed by atoms with Gasteiger partial charge in [0.25, 0.3) is 11.6 Å². The Hall–Kier alpha value is -4.33. The molecule has 1 aromatic carbocycles. The highest BCUT2D eigenvalue weighted by Crippen LogP contribution is 2.31. The quantitative estimate of drug-likeness (QED) is 0.164. The van der Waals surface area contributed by atoms with Crippen LogP contribution in [-0.4, -0.2) is 66.7 Å². The molecule has 2 atom stereocenters. The van der Waals surface area contributed by atoms with Crippen LogP contribution in [0.25, 0.3) is 11.0 Å². The minimum atomic E-state index is -0.827. The first kappa shape index (κ1) is 27.7. The van der Waals surface area contributed by atoms with Crippen LogP contribution < -0.4 is 16.1 Å². The molecule has 1 aliphatic heterocycles. The highest BCUT2D eigenvalue weighted by molar-refractivity contribution is 5.91. The van der Waals surface area contributed by atoms with E-state index >= 15 is 0 Å². The van der Waals surface area contributed by atoms with Crippen LogP contribution >= 0.6 is 0 Å². The Morgan fingerprint density at radius 1 is 1.18 bits per heavy atom. The molecule has 0 bridgehead atoms. The number of rotatable bonds is 13. The number of allylic oxidation sites excluding steroid dienone is 1. The molecule has 13 heteroatoms. The first-order chi connectivity index (χ1) is 19.0. The van der Waals surface area contributed by atoms with Crippen LogP contribution in [0.15, 0.2) is 69.9 Å². The fraction of sp³-hybridized carbons (Fsp3) is 0.346. The minimum absolute atomic E-state index is 0.00598. The molecule has 3 heterocycles. The second-order valence-corrected chi connectivity index (χ2v) is 8.49. The van der Waals surface area contributed by atoms with Crippen LogP contribution in [0.3, 0.4) is 0 Å². The van der Waals surface area contributed by atoms with Crippen molar-refractivity contribution >= 4 is 28.4 Å². The zero-order valence-electron chi connectivity index (χ0n) is 20.9. The maximum Gasteiger partial charge on any atom is 0.287 e. The fourth-order valence-electron chi connectivity index (χ4n) is 3.94. The van der Waals surface area contributed by atoms with E-state index in [4.69, 9.17) is 23.7 Å². The van der Waals surface area contributed by atoms with Gasteiger partial charge in [-0.05, 0) is 24.3 Å². The summed E-state index contributed by atoms with van der Waals surface area (Å²) in [5, 5.41) is 25.7. The van der Waals surface area contributed by atoms with E-state index in [0.717, 1.165) is 6.20 Å². The second-order valence-electron chi connectivity index (χ2n) is 8.49. The first-order valence-electron chi connectivity index (χ1n) is 12.3. The van der Waals surface area contributed by atoms with Crippen molar-refractivity contribution in [1.82, 2.24) is 10.3 Å². The normalized spacial score (nSPS) is 16.8. The molecular weight excluding hydrogens is 512 g/mol. The maximum absolute atomic E-state index is 13.2. The van der Waals surface area contributed by atoms with E-state index < -0.39 is 23.0 Å². The van der Waals surface area contributed by atoms with E-state index in [9.17, 15) is 19.7 Å². The number of aromatic nitrogens is 1.